The van der Waals surface area contributed by atoms with Gasteiger partial charge in [0, 0.05) is 36.3 Å². The summed E-state index contributed by atoms with van der Waals surface area (Å²) < 4.78 is 1.05. The second-order valence-corrected chi connectivity index (χ2v) is 10.9. The summed E-state index contributed by atoms with van der Waals surface area (Å²) in [5.74, 6) is 0.196. The van der Waals surface area contributed by atoms with Gasteiger partial charge in [0.1, 0.15) is 0 Å². The smallest absolute Gasteiger partial charge is 0.227 e. The number of rotatable bonds is 5. The Kier molecular flexibility index (Phi) is 6.56. The number of aromatic nitrogens is 1. The van der Waals surface area contributed by atoms with Gasteiger partial charge < -0.3 is 9.80 Å². The minimum absolute atomic E-state index is 0.196. The van der Waals surface area contributed by atoms with Crippen molar-refractivity contribution >= 4 is 56.0 Å². The molecule has 0 spiro atoms. The van der Waals surface area contributed by atoms with Crippen LogP contribution in [0.2, 0.25) is 5.02 Å². The van der Waals surface area contributed by atoms with E-state index in [1.807, 2.05) is 28.8 Å². The van der Waals surface area contributed by atoms with E-state index in [4.69, 9.17) is 16.6 Å². The van der Waals surface area contributed by atoms with Gasteiger partial charge in [0.2, 0.25) is 5.91 Å². The lowest BCUT2D eigenvalue weighted by Crippen LogP contribution is -2.49. The molecule has 3 aromatic rings. The maximum absolute atomic E-state index is 12.8. The average Bonchev–Trinajstić information content (AvgIpc) is 3.19. The van der Waals surface area contributed by atoms with Gasteiger partial charge in [0.05, 0.1) is 21.7 Å². The molecule has 0 unspecified atom stereocenters. The number of halogens is 1. The zero-order valence-electron chi connectivity index (χ0n) is 17.5. The number of hydrogen-bond donors (Lipinski definition) is 0. The van der Waals surface area contributed by atoms with Crippen molar-refractivity contribution in [3.63, 3.8) is 0 Å². The van der Waals surface area contributed by atoms with Gasteiger partial charge in [-0.25, -0.2) is 4.98 Å². The fourth-order valence-electron chi connectivity index (χ4n) is 3.62. The molecule has 4 nitrogen and oxygen atoms in total. The average molecular weight is 460 g/mol. The molecule has 1 amide bonds. The molecule has 0 aliphatic carbocycles. The summed E-state index contributed by atoms with van der Waals surface area (Å²) >= 11 is 9.84. The lowest BCUT2D eigenvalue weighted by molar-refractivity contribution is -0.130. The molecular weight excluding hydrogens is 434 g/mol. The molecule has 7 heteroatoms. The van der Waals surface area contributed by atoms with Gasteiger partial charge in [-0.15, -0.1) is 11.8 Å². The zero-order chi connectivity index (χ0) is 21.3. The highest BCUT2D eigenvalue weighted by atomic mass is 35.5. The zero-order valence-corrected chi connectivity index (χ0v) is 19.9. The molecule has 1 fully saturated rings. The van der Waals surface area contributed by atoms with Crippen molar-refractivity contribution in [1.29, 1.82) is 0 Å². The molecule has 0 radical (unpaired) electrons. The molecule has 158 valence electrons. The number of piperazine rings is 1. The molecule has 2 heterocycles. The Balaban J connectivity index is 1.35. The van der Waals surface area contributed by atoms with E-state index in [1.165, 1.54) is 4.90 Å². The summed E-state index contributed by atoms with van der Waals surface area (Å²) in [7, 11) is 0. The number of benzene rings is 2. The number of hydrogen-bond acceptors (Lipinski definition) is 5. The Labute approximate surface area is 191 Å². The molecule has 0 bridgehead atoms. The van der Waals surface area contributed by atoms with Crippen molar-refractivity contribution in [1.82, 2.24) is 9.88 Å². The van der Waals surface area contributed by atoms with Crippen LogP contribution < -0.4 is 4.90 Å². The fourth-order valence-corrected chi connectivity index (χ4v) is 5.82. The van der Waals surface area contributed by atoms with Crippen LogP contribution in [0.1, 0.15) is 25.0 Å². The number of thioether (sulfide) groups is 1. The van der Waals surface area contributed by atoms with Crippen molar-refractivity contribution in [2.75, 3.05) is 31.1 Å². The van der Waals surface area contributed by atoms with Crippen LogP contribution in [-0.4, -0.2) is 47.2 Å². The third kappa shape index (κ3) is 4.76. The van der Waals surface area contributed by atoms with Crippen molar-refractivity contribution in [2.45, 2.75) is 37.3 Å². The Bertz CT molecular complexity index is 1000. The van der Waals surface area contributed by atoms with E-state index >= 15 is 0 Å². The summed E-state index contributed by atoms with van der Waals surface area (Å²) in [5, 5.41) is 2.31. The molecule has 1 aliphatic heterocycles. The molecule has 0 saturated carbocycles. The van der Waals surface area contributed by atoms with Crippen LogP contribution in [0.25, 0.3) is 10.2 Å². The summed E-state index contributed by atoms with van der Waals surface area (Å²) in [6, 6.07) is 12.3. The van der Waals surface area contributed by atoms with E-state index in [0.29, 0.717) is 11.7 Å². The van der Waals surface area contributed by atoms with Crippen molar-refractivity contribution in [2.24, 2.45) is 0 Å². The van der Waals surface area contributed by atoms with Gasteiger partial charge in [0.15, 0.2) is 5.13 Å². The molecular formula is C23H26ClN3OS2. The van der Waals surface area contributed by atoms with Crippen molar-refractivity contribution in [3.8, 4) is 0 Å². The molecule has 0 N–H and O–H groups in total. The number of aryl methyl sites for hydroxylation is 1. The molecule has 30 heavy (non-hydrogen) atoms. The fraction of sp³-hybridized carbons (Fsp3) is 0.391. The second kappa shape index (κ2) is 9.16. The first kappa shape index (κ1) is 21.5. The maximum Gasteiger partial charge on any atom is 0.227 e. The van der Waals surface area contributed by atoms with Gasteiger partial charge >= 0.3 is 0 Å². The number of carbonyl (C=O) groups is 1. The van der Waals surface area contributed by atoms with Crippen molar-refractivity contribution < 1.29 is 4.79 Å². The predicted octanol–water partition coefficient (Wildman–Crippen LogP) is 5.65. The van der Waals surface area contributed by atoms with Crippen LogP contribution in [0.3, 0.4) is 0 Å². The summed E-state index contributed by atoms with van der Waals surface area (Å²) in [4.78, 5) is 23.1. The highest BCUT2D eigenvalue weighted by Crippen LogP contribution is 2.35. The first-order chi connectivity index (χ1) is 14.4. The first-order valence-corrected chi connectivity index (χ1v) is 12.3. The number of carbonyl (C=O) groups excluding carboxylic acids is 1. The molecule has 0 atom stereocenters. The minimum Gasteiger partial charge on any atom is -0.345 e. The first-order valence-electron chi connectivity index (χ1n) is 10.2. The second-order valence-electron chi connectivity index (χ2n) is 7.89. The van der Waals surface area contributed by atoms with E-state index in [2.05, 4.69) is 49.9 Å². The van der Waals surface area contributed by atoms with Crippen LogP contribution in [0.4, 0.5) is 5.13 Å². The third-order valence-electron chi connectivity index (χ3n) is 5.24. The summed E-state index contributed by atoms with van der Waals surface area (Å²) in [6.45, 7) is 9.48. The predicted molar refractivity (Wildman–Crippen MR) is 129 cm³/mol. The Morgan fingerprint density at radius 3 is 2.47 bits per heavy atom. The molecule has 1 aromatic heterocycles. The monoisotopic (exact) mass is 459 g/mol. The quantitative estimate of drug-likeness (QED) is 0.462. The lowest BCUT2D eigenvalue weighted by Gasteiger charge is -2.34. The van der Waals surface area contributed by atoms with E-state index in [-0.39, 0.29) is 5.91 Å². The maximum atomic E-state index is 12.8. The highest BCUT2D eigenvalue weighted by Gasteiger charge is 2.23. The molecule has 2 aromatic carbocycles. The van der Waals surface area contributed by atoms with Crippen LogP contribution in [0, 0.1) is 6.92 Å². The normalized spacial score (nSPS) is 14.7. The molecule has 1 saturated heterocycles. The Hall–Kier alpha value is -1.76. The number of thiazole rings is 1. The van der Waals surface area contributed by atoms with E-state index in [9.17, 15) is 4.79 Å². The van der Waals surface area contributed by atoms with E-state index < -0.39 is 0 Å². The van der Waals surface area contributed by atoms with Gasteiger partial charge in [-0.2, -0.15) is 0 Å². The van der Waals surface area contributed by atoms with Gasteiger partial charge in [-0.1, -0.05) is 55.0 Å². The SMILES string of the molecule is Cc1ccc(Cl)c2sc(N3CCN(C(=O)Cc4ccc(SC(C)C)cc4)CC3)nc12. The number of nitrogens with zero attached hydrogens (tertiary/aromatic N) is 3. The summed E-state index contributed by atoms with van der Waals surface area (Å²) in [5.41, 5.74) is 3.20. The number of amides is 1. The lowest BCUT2D eigenvalue weighted by atomic mass is 10.1. The van der Waals surface area contributed by atoms with Crippen LogP contribution in [-0.2, 0) is 11.2 Å². The number of fused-ring (bicyclic) bond motifs is 1. The highest BCUT2D eigenvalue weighted by molar-refractivity contribution is 7.99. The van der Waals surface area contributed by atoms with E-state index in [1.54, 1.807) is 11.3 Å². The summed E-state index contributed by atoms with van der Waals surface area (Å²) in [6.07, 6.45) is 0.461. The molecule has 1 aliphatic rings. The third-order valence-corrected chi connectivity index (χ3v) is 7.83. The van der Waals surface area contributed by atoms with Crippen molar-refractivity contribution in [3.05, 3.63) is 52.5 Å². The topological polar surface area (TPSA) is 36.4 Å². The largest absolute Gasteiger partial charge is 0.345 e. The van der Waals surface area contributed by atoms with Crippen LogP contribution in [0.5, 0.6) is 0 Å². The van der Waals surface area contributed by atoms with Gasteiger partial charge in [-0.3, -0.25) is 4.79 Å². The van der Waals surface area contributed by atoms with Crippen LogP contribution in [0.15, 0.2) is 41.3 Å². The standard InChI is InChI=1S/C23H26ClN3OS2/c1-15(2)29-18-7-5-17(6-8-18)14-20(28)26-10-12-27(13-11-26)23-25-21-16(3)4-9-19(24)22(21)30-23/h4-9,15H,10-14H2,1-3H3. The van der Waals surface area contributed by atoms with Crippen LogP contribution >= 0.6 is 34.7 Å². The Morgan fingerprint density at radius 2 is 1.83 bits per heavy atom. The van der Waals surface area contributed by atoms with Gasteiger partial charge in [0.25, 0.3) is 0 Å². The number of anilines is 1. The minimum atomic E-state index is 0.196. The Morgan fingerprint density at radius 1 is 1.13 bits per heavy atom. The van der Waals surface area contributed by atoms with Gasteiger partial charge in [-0.05, 0) is 36.2 Å². The molecule has 4 rings (SSSR count). The van der Waals surface area contributed by atoms with E-state index in [0.717, 1.165) is 57.7 Å².